The number of carbonyl (C=O) groups is 3. The number of ketones is 1. The third kappa shape index (κ3) is 3.44. The monoisotopic (exact) mass is 447 g/mol. The summed E-state index contributed by atoms with van der Waals surface area (Å²) >= 11 is 0. The van der Waals surface area contributed by atoms with Gasteiger partial charge in [-0.05, 0) is 29.3 Å². The third-order valence-electron chi connectivity index (χ3n) is 5.79. The largest absolute Gasteiger partial charge is 0.480 e. The summed E-state index contributed by atoms with van der Waals surface area (Å²) < 4.78 is 1.55. The van der Waals surface area contributed by atoms with Crippen molar-refractivity contribution in [2.45, 2.75) is 6.54 Å². The van der Waals surface area contributed by atoms with E-state index in [1.54, 1.807) is 59.3 Å². The van der Waals surface area contributed by atoms with Crippen molar-refractivity contribution >= 4 is 40.3 Å². The Morgan fingerprint density at radius 2 is 1.68 bits per heavy atom. The van der Waals surface area contributed by atoms with Crippen molar-refractivity contribution < 1.29 is 19.5 Å². The van der Waals surface area contributed by atoms with Crippen LogP contribution in [0, 0.1) is 11.3 Å². The smallest absolute Gasteiger partial charge is 0.323 e. The fourth-order valence-electron chi connectivity index (χ4n) is 4.34. The maximum absolute atomic E-state index is 13.0. The molecular formula is C27H17N3O4. The van der Waals surface area contributed by atoms with Crippen molar-refractivity contribution in [3.63, 3.8) is 0 Å². The van der Waals surface area contributed by atoms with Gasteiger partial charge in [0.25, 0.3) is 5.91 Å². The summed E-state index contributed by atoms with van der Waals surface area (Å²) in [6.45, 7) is -0.249. The Morgan fingerprint density at radius 1 is 0.971 bits per heavy atom. The molecule has 2 N–H and O–H groups in total. The Hall–Kier alpha value is -4.96. The number of benzene rings is 3. The van der Waals surface area contributed by atoms with Crippen LogP contribution in [-0.2, 0) is 16.1 Å². The average Bonchev–Trinajstić information content (AvgIpc) is 3.33. The van der Waals surface area contributed by atoms with Crippen LogP contribution in [0.3, 0.4) is 0 Å². The summed E-state index contributed by atoms with van der Waals surface area (Å²) in [5.41, 5.74) is 3.90. The number of hydrogen-bond acceptors (Lipinski definition) is 4. The van der Waals surface area contributed by atoms with Crippen LogP contribution in [0.4, 0.5) is 5.69 Å². The van der Waals surface area contributed by atoms with E-state index < -0.39 is 11.9 Å². The lowest BCUT2D eigenvalue weighted by atomic mass is 10.0. The number of nitriles is 1. The minimum absolute atomic E-state index is 0.168. The standard InChI is InChI=1S/C27H17N3O4/c28-13-16(12-17-14-30(15-24(31)32)23-11-4-3-6-18(17)23)27(34)29-22-10-5-9-20-19-7-1-2-8-21(19)26(33)25(20)22/h1-12,14H,15H2,(H,29,34)(H,31,32). The molecule has 0 atom stereocenters. The molecule has 1 aliphatic rings. The molecule has 0 aliphatic heterocycles. The molecule has 1 heterocycles. The molecule has 164 valence electrons. The fraction of sp³-hybridized carbons (Fsp3) is 0.0370. The van der Waals surface area contributed by atoms with E-state index in [4.69, 9.17) is 0 Å². The molecule has 0 bridgehead atoms. The second-order valence-corrected chi connectivity index (χ2v) is 7.85. The van der Waals surface area contributed by atoms with Crippen molar-refractivity contribution in [3.05, 3.63) is 95.2 Å². The van der Waals surface area contributed by atoms with Gasteiger partial charge in [0.05, 0.1) is 11.3 Å². The molecule has 0 spiro atoms. The maximum Gasteiger partial charge on any atom is 0.323 e. The number of carboxylic acid groups (broad SMARTS) is 1. The number of nitrogens with one attached hydrogen (secondary N) is 1. The Balaban J connectivity index is 1.51. The number of para-hydroxylation sites is 1. The average molecular weight is 447 g/mol. The van der Waals surface area contributed by atoms with Gasteiger partial charge in [-0.3, -0.25) is 14.4 Å². The molecule has 1 aromatic heterocycles. The highest BCUT2D eigenvalue weighted by Crippen LogP contribution is 2.40. The van der Waals surface area contributed by atoms with Crippen molar-refractivity contribution in [3.8, 4) is 17.2 Å². The Kier molecular flexibility index (Phi) is 5.04. The summed E-state index contributed by atoms with van der Waals surface area (Å²) in [7, 11) is 0. The van der Waals surface area contributed by atoms with Gasteiger partial charge in [-0.2, -0.15) is 5.26 Å². The van der Waals surface area contributed by atoms with Gasteiger partial charge < -0.3 is 15.0 Å². The first kappa shape index (κ1) is 20.9. The van der Waals surface area contributed by atoms with Crippen LogP contribution >= 0.6 is 0 Å². The van der Waals surface area contributed by atoms with E-state index >= 15 is 0 Å². The van der Waals surface area contributed by atoms with Crippen molar-refractivity contribution in [1.82, 2.24) is 4.57 Å². The summed E-state index contributed by atoms with van der Waals surface area (Å²) in [6, 6.07) is 21.5. The van der Waals surface area contributed by atoms with Crippen molar-refractivity contribution in [1.29, 1.82) is 5.26 Å². The molecule has 0 fully saturated rings. The Bertz CT molecular complexity index is 1590. The summed E-state index contributed by atoms with van der Waals surface area (Å²) in [5, 5.41) is 22.3. The number of anilines is 1. The highest BCUT2D eigenvalue weighted by Gasteiger charge is 2.29. The molecule has 0 radical (unpaired) electrons. The lowest BCUT2D eigenvalue weighted by Gasteiger charge is -2.09. The second-order valence-electron chi connectivity index (χ2n) is 7.85. The Morgan fingerprint density at radius 3 is 2.44 bits per heavy atom. The van der Waals surface area contributed by atoms with Gasteiger partial charge in [0.1, 0.15) is 18.2 Å². The second kappa shape index (κ2) is 8.19. The predicted octanol–water partition coefficient (Wildman–Crippen LogP) is 4.48. The van der Waals surface area contributed by atoms with Gasteiger partial charge >= 0.3 is 5.97 Å². The lowest BCUT2D eigenvalue weighted by molar-refractivity contribution is -0.137. The molecule has 1 aliphatic carbocycles. The zero-order chi connectivity index (χ0) is 23.8. The van der Waals surface area contributed by atoms with Crippen LogP contribution in [0.2, 0.25) is 0 Å². The van der Waals surface area contributed by atoms with Crippen molar-refractivity contribution in [2.24, 2.45) is 0 Å². The van der Waals surface area contributed by atoms with E-state index in [1.807, 2.05) is 24.3 Å². The maximum atomic E-state index is 13.0. The van der Waals surface area contributed by atoms with E-state index in [1.165, 1.54) is 6.08 Å². The van der Waals surface area contributed by atoms with Crippen molar-refractivity contribution in [2.75, 3.05) is 5.32 Å². The normalized spacial score (nSPS) is 12.2. The molecule has 7 heteroatoms. The molecule has 1 amide bonds. The van der Waals surface area contributed by atoms with Crippen LogP contribution in [0.1, 0.15) is 21.5 Å². The zero-order valence-corrected chi connectivity index (χ0v) is 17.8. The molecular weight excluding hydrogens is 430 g/mol. The summed E-state index contributed by atoms with van der Waals surface area (Å²) in [5.74, 6) is -1.84. The zero-order valence-electron chi connectivity index (χ0n) is 17.8. The number of amides is 1. The van der Waals surface area contributed by atoms with E-state index in [0.717, 1.165) is 16.5 Å². The van der Waals surface area contributed by atoms with Crippen LogP contribution in [0.15, 0.2) is 78.5 Å². The van der Waals surface area contributed by atoms with E-state index in [0.29, 0.717) is 27.9 Å². The number of rotatable bonds is 5. The summed E-state index contributed by atoms with van der Waals surface area (Å²) in [6.07, 6.45) is 3.03. The molecule has 4 aromatic rings. The highest BCUT2D eigenvalue weighted by atomic mass is 16.4. The van der Waals surface area contributed by atoms with Gasteiger partial charge in [-0.25, -0.2) is 0 Å². The minimum atomic E-state index is -1.00. The molecule has 34 heavy (non-hydrogen) atoms. The molecule has 0 saturated carbocycles. The quantitative estimate of drug-likeness (QED) is 0.305. The van der Waals surface area contributed by atoms with Gasteiger partial charge in [0, 0.05) is 28.2 Å². The molecule has 0 saturated heterocycles. The van der Waals surface area contributed by atoms with E-state index in [2.05, 4.69) is 5.32 Å². The van der Waals surface area contributed by atoms with Crippen LogP contribution in [-0.4, -0.2) is 27.3 Å². The van der Waals surface area contributed by atoms with Crippen LogP contribution in [0.25, 0.3) is 28.1 Å². The Labute approximate surface area is 194 Å². The number of aromatic nitrogens is 1. The highest BCUT2D eigenvalue weighted by molar-refractivity contribution is 6.26. The molecule has 3 aromatic carbocycles. The number of aliphatic carboxylic acids is 1. The number of hydrogen-bond donors (Lipinski definition) is 2. The van der Waals surface area contributed by atoms with Gasteiger partial charge in [0.15, 0.2) is 5.78 Å². The number of carbonyl (C=O) groups excluding carboxylic acids is 2. The van der Waals surface area contributed by atoms with Gasteiger partial charge in [-0.15, -0.1) is 0 Å². The fourth-order valence-corrected chi connectivity index (χ4v) is 4.34. The first-order chi connectivity index (χ1) is 16.5. The van der Waals surface area contributed by atoms with E-state index in [9.17, 15) is 24.8 Å². The SMILES string of the molecule is N#CC(=Cc1cn(CC(=O)O)c2ccccc12)C(=O)Nc1cccc2c1C(=O)c1ccccc1-2. The number of nitrogens with zero attached hydrogens (tertiary/aromatic N) is 2. The van der Waals surface area contributed by atoms with Gasteiger partial charge in [-0.1, -0.05) is 54.6 Å². The number of carboxylic acids is 1. The topological polar surface area (TPSA) is 112 Å². The summed E-state index contributed by atoms with van der Waals surface area (Å²) in [4.78, 5) is 37.2. The molecule has 7 nitrogen and oxygen atoms in total. The lowest BCUT2D eigenvalue weighted by Crippen LogP contribution is -2.15. The number of fused-ring (bicyclic) bond motifs is 4. The minimum Gasteiger partial charge on any atom is -0.480 e. The predicted molar refractivity (Wildman–Crippen MR) is 127 cm³/mol. The molecule has 0 unspecified atom stereocenters. The first-order valence-electron chi connectivity index (χ1n) is 10.5. The van der Waals surface area contributed by atoms with Gasteiger partial charge in [0.2, 0.25) is 0 Å². The third-order valence-corrected chi connectivity index (χ3v) is 5.79. The van der Waals surface area contributed by atoms with Crippen LogP contribution < -0.4 is 5.32 Å². The van der Waals surface area contributed by atoms with Crippen LogP contribution in [0.5, 0.6) is 0 Å². The first-order valence-corrected chi connectivity index (χ1v) is 10.5. The van der Waals surface area contributed by atoms with E-state index in [-0.39, 0.29) is 17.9 Å². The molecule has 5 rings (SSSR count).